The van der Waals surface area contributed by atoms with Gasteiger partial charge in [0.25, 0.3) is 0 Å². The van der Waals surface area contributed by atoms with E-state index in [9.17, 15) is 4.79 Å². The topological polar surface area (TPSA) is 49.6 Å². The number of likely N-dealkylation sites (tertiary alicyclic amines) is 2. The van der Waals surface area contributed by atoms with Gasteiger partial charge in [-0.3, -0.25) is 4.79 Å². The minimum absolute atomic E-state index is 0.109. The van der Waals surface area contributed by atoms with Gasteiger partial charge in [-0.1, -0.05) is 34.5 Å². The first-order valence-corrected chi connectivity index (χ1v) is 10.4. The molecule has 2 N–H and O–H groups in total. The first kappa shape index (κ1) is 18.9. The van der Waals surface area contributed by atoms with Crippen molar-refractivity contribution in [3.05, 3.63) is 33.8 Å². The van der Waals surface area contributed by atoms with Crippen LogP contribution in [0, 0.1) is 6.92 Å². The number of hydrogen-bond donors (Lipinski definition) is 1. The lowest BCUT2D eigenvalue weighted by atomic mass is 9.98. The quantitative estimate of drug-likeness (QED) is 0.833. The smallest absolute Gasteiger partial charge is 0.239 e. The number of amides is 1. The normalized spacial score (nSPS) is 21.3. The molecule has 2 saturated heterocycles. The van der Waals surface area contributed by atoms with E-state index in [1.807, 2.05) is 17.0 Å². The van der Waals surface area contributed by atoms with E-state index in [2.05, 4.69) is 33.8 Å². The van der Waals surface area contributed by atoms with E-state index in [4.69, 9.17) is 5.73 Å². The van der Waals surface area contributed by atoms with Gasteiger partial charge in [-0.15, -0.1) is 0 Å². The summed E-state index contributed by atoms with van der Waals surface area (Å²) in [5.74, 6) is 0.109. The molecule has 0 radical (unpaired) electrons. The van der Waals surface area contributed by atoms with Gasteiger partial charge in [-0.05, 0) is 69.3 Å². The highest BCUT2D eigenvalue weighted by atomic mass is 79.9. The van der Waals surface area contributed by atoms with Crippen LogP contribution in [0.3, 0.4) is 0 Å². The van der Waals surface area contributed by atoms with E-state index in [0.717, 1.165) is 36.0 Å². The van der Waals surface area contributed by atoms with Gasteiger partial charge in [0.05, 0.1) is 6.04 Å². The summed E-state index contributed by atoms with van der Waals surface area (Å²) >= 11 is 3.52. The molecule has 0 aromatic heterocycles. The maximum Gasteiger partial charge on any atom is 0.239 e. The Bertz CT molecular complexity index is 593. The fourth-order valence-corrected chi connectivity index (χ4v) is 4.39. The molecule has 2 aliphatic heterocycles. The molecular formula is C20H30BrN3O. The molecule has 0 bridgehead atoms. The highest BCUT2D eigenvalue weighted by molar-refractivity contribution is 9.10. The molecule has 5 heteroatoms. The number of halogens is 1. The molecule has 1 amide bonds. The number of hydrogen-bond acceptors (Lipinski definition) is 3. The van der Waals surface area contributed by atoms with Crippen molar-refractivity contribution in [1.29, 1.82) is 0 Å². The van der Waals surface area contributed by atoms with Crippen molar-refractivity contribution < 1.29 is 4.79 Å². The number of aryl methyl sites for hydroxylation is 1. The van der Waals surface area contributed by atoms with Crippen LogP contribution in [0.1, 0.15) is 43.2 Å². The summed E-state index contributed by atoms with van der Waals surface area (Å²) in [5, 5.41) is 0. The van der Waals surface area contributed by atoms with Gasteiger partial charge in [0.2, 0.25) is 5.91 Å². The molecule has 2 fully saturated rings. The Morgan fingerprint density at radius 1 is 1.20 bits per heavy atom. The van der Waals surface area contributed by atoms with Crippen LogP contribution in [0.4, 0.5) is 0 Å². The van der Waals surface area contributed by atoms with Gasteiger partial charge in [0.15, 0.2) is 0 Å². The summed E-state index contributed by atoms with van der Waals surface area (Å²) < 4.78 is 1.09. The van der Waals surface area contributed by atoms with E-state index in [0.29, 0.717) is 12.5 Å². The van der Waals surface area contributed by atoms with Crippen LogP contribution in [-0.4, -0.2) is 54.0 Å². The van der Waals surface area contributed by atoms with Gasteiger partial charge >= 0.3 is 0 Å². The summed E-state index contributed by atoms with van der Waals surface area (Å²) in [6.45, 7) is 6.24. The number of rotatable bonds is 4. The van der Waals surface area contributed by atoms with Crippen molar-refractivity contribution in [1.82, 2.24) is 9.80 Å². The molecule has 1 atom stereocenters. The Morgan fingerprint density at radius 2 is 1.88 bits per heavy atom. The van der Waals surface area contributed by atoms with Crippen molar-refractivity contribution in [2.45, 2.75) is 57.5 Å². The fraction of sp³-hybridized carbons (Fsp3) is 0.650. The zero-order valence-electron chi connectivity index (χ0n) is 15.2. The zero-order chi connectivity index (χ0) is 17.8. The summed E-state index contributed by atoms with van der Waals surface area (Å²) in [6.07, 6.45) is 6.83. The number of carbonyl (C=O) groups is 1. The molecule has 0 saturated carbocycles. The number of benzene rings is 1. The molecule has 3 rings (SSSR count). The third-order valence-electron chi connectivity index (χ3n) is 5.68. The Kier molecular flexibility index (Phi) is 6.53. The summed E-state index contributed by atoms with van der Waals surface area (Å²) in [6, 6.07) is 6.42. The maximum atomic E-state index is 12.7. The van der Waals surface area contributed by atoms with Crippen molar-refractivity contribution in [2.75, 3.05) is 26.2 Å². The van der Waals surface area contributed by atoms with E-state index < -0.39 is 6.04 Å². The first-order valence-electron chi connectivity index (χ1n) is 9.58. The molecule has 2 heterocycles. The minimum atomic E-state index is -0.438. The molecular weight excluding hydrogens is 378 g/mol. The van der Waals surface area contributed by atoms with Crippen molar-refractivity contribution in [3.8, 4) is 0 Å². The van der Waals surface area contributed by atoms with Crippen LogP contribution < -0.4 is 5.73 Å². The second-order valence-corrected chi connectivity index (χ2v) is 8.40. The van der Waals surface area contributed by atoms with Crippen LogP contribution in [0.5, 0.6) is 0 Å². The highest BCUT2D eigenvalue weighted by Crippen LogP contribution is 2.22. The molecule has 4 nitrogen and oxygen atoms in total. The minimum Gasteiger partial charge on any atom is -0.341 e. The Morgan fingerprint density at radius 3 is 2.52 bits per heavy atom. The van der Waals surface area contributed by atoms with Crippen LogP contribution in [0.25, 0.3) is 0 Å². The van der Waals surface area contributed by atoms with Crippen LogP contribution in [-0.2, 0) is 11.2 Å². The molecule has 138 valence electrons. The second-order valence-electron chi connectivity index (χ2n) is 7.55. The van der Waals surface area contributed by atoms with Gasteiger partial charge in [-0.2, -0.15) is 0 Å². The van der Waals surface area contributed by atoms with Crippen molar-refractivity contribution in [3.63, 3.8) is 0 Å². The lowest BCUT2D eigenvalue weighted by molar-refractivity contribution is -0.134. The SMILES string of the molecule is Cc1cc(CC(N)C(=O)N2CCC(N3CCCCC3)CC2)ccc1Br. The third-order valence-corrected chi connectivity index (χ3v) is 6.57. The number of nitrogens with two attached hydrogens (primary N) is 1. The standard InChI is InChI=1S/C20H30BrN3O/c1-15-13-16(5-6-18(15)21)14-19(22)20(25)24-11-7-17(8-12-24)23-9-3-2-4-10-23/h5-6,13,17,19H,2-4,7-12,14,22H2,1H3. The largest absolute Gasteiger partial charge is 0.341 e. The number of piperidine rings is 2. The third kappa shape index (κ3) is 4.83. The average molecular weight is 408 g/mol. The monoisotopic (exact) mass is 407 g/mol. The lowest BCUT2D eigenvalue weighted by Crippen LogP contribution is -2.52. The van der Waals surface area contributed by atoms with E-state index in [1.165, 1.54) is 37.9 Å². The molecule has 0 aliphatic carbocycles. The van der Waals surface area contributed by atoms with Crippen LogP contribution in [0.2, 0.25) is 0 Å². The molecule has 1 aromatic rings. The van der Waals surface area contributed by atoms with E-state index >= 15 is 0 Å². The van der Waals surface area contributed by atoms with Crippen LogP contribution >= 0.6 is 15.9 Å². The second kappa shape index (κ2) is 8.65. The van der Waals surface area contributed by atoms with Crippen molar-refractivity contribution >= 4 is 21.8 Å². The number of nitrogens with zero attached hydrogens (tertiary/aromatic N) is 2. The molecule has 1 unspecified atom stereocenters. The summed E-state index contributed by atoms with van der Waals surface area (Å²) in [7, 11) is 0. The predicted molar refractivity (Wildman–Crippen MR) is 106 cm³/mol. The Balaban J connectivity index is 1.50. The average Bonchev–Trinajstić information content (AvgIpc) is 2.65. The lowest BCUT2D eigenvalue weighted by Gasteiger charge is -2.40. The van der Waals surface area contributed by atoms with E-state index in [-0.39, 0.29) is 5.91 Å². The van der Waals surface area contributed by atoms with Crippen molar-refractivity contribution in [2.24, 2.45) is 5.73 Å². The van der Waals surface area contributed by atoms with Gasteiger partial charge in [-0.25, -0.2) is 0 Å². The predicted octanol–water partition coefficient (Wildman–Crippen LogP) is 3.10. The van der Waals surface area contributed by atoms with Gasteiger partial charge in [0.1, 0.15) is 0 Å². The zero-order valence-corrected chi connectivity index (χ0v) is 16.8. The molecule has 2 aliphatic rings. The maximum absolute atomic E-state index is 12.7. The summed E-state index contributed by atoms with van der Waals surface area (Å²) in [4.78, 5) is 17.3. The first-order chi connectivity index (χ1) is 12.0. The number of carbonyl (C=O) groups excluding carboxylic acids is 1. The molecule has 25 heavy (non-hydrogen) atoms. The van der Waals surface area contributed by atoms with E-state index in [1.54, 1.807) is 0 Å². The highest BCUT2D eigenvalue weighted by Gasteiger charge is 2.29. The fourth-order valence-electron chi connectivity index (χ4n) is 4.14. The summed E-state index contributed by atoms with van der Waals surface area (Å²) in [5.41, 5.74) is 8.54. The van der Waals surface area contributed by atoms with Gasteiger partial charge in [0, 0.05) is 23.6 Å². The molecule has 1 aromatic carbocycles. The Labute approximate surface area is 159 Å². The van der Waals surface area contributed by atoms with Gasteiger partial charge < -0.3 is 15.5 Å². The Hall–Kier alpha value is -0.910. The molecule has 0 spiro atoms. The van der Waals surface area contributed by atoms with Crippen LogP contribution in [0.15, 0.2) is 22.7 Å².